The smallest absolute Gasteiger partial charge is 0.129 e. The molecule has 0 aliphatic heterocycles. The van der Waals surface area contributed by atoms with Crippen LogP contribution in [0.4, 0.5) is 0 Å². The van der Waals surface area contributed by atoms with Crippen molar-refractivity contribution in [3.8, 4) is 61.0 Å². The highest BCUT2D eigenvalue weighted by Gasteiger charge is 2.29. The molecule has 3 nitrogen and oxygen atoms in total. The summed E-state index contributed by atoms with van der Waals surface area (Å²) in [7, 11) is 0. The Bertz CT molecular complexity index is 2420. The number of pyridine rings is 1. The maximum Gasteiger partial charge on any atom is 0.129 e. The van der Waals surface area contributed by atoms with E-state index in [0.29, 0.717) is 0 Å². The molecule has 0 amide bonds. The minimum Gasteiger partial charge on any atom is -0.507 e. The largest absolute Gasteiger partial charge is 0.507 e. The number of aromatic nitrogens is 2. The Morgan fingerprint density at radius 3 is 1.90 bits per heavy atom. The first kappa shape index (κ1) is 30.5. The Hall–Kier alpha value is -5.84. The summed E-state index contributed by atoms with van der Waals surface area (Å²) in [6, 6.07) is 54.4. The number of hydrogen-bond donors (Lipinski definition) is 1. The monoisotopic (exact) mass is 650 g/mol. The van der Waals surface area contributed by atoms with Gasteiger partial charge in [0.15, 0.2) is 0 Å². The summed E-state index contributed by atoms with van der Waals surface area (Å²) in [5, 5.41) is 12.8. The van der Waals surface area contributed by atoms with Crippen LogP contribution in [0.1, 0.15) is 25.0 Å². The highest BCUT2D eigenvalue weighted by molar-refractivity contribution is 7.21. The average molecular weight is 651 g/mol. The van der Waals surface area contributed by atoms with Crippen LogP contribution in [0.2, 0.25) is 0 Å². The fraction of sp³-hybridized carbons (Fsp3) is 0.0667. The predicted octanol–water partition coefficient (Wildman–Crippen LogP) is 12.1. The Labute approximate surface area is 290 Å². The molecular weight excluding hydrogens is 617 g/mol. The number of benzene rings is 6. The van der Waals surface area contributed by atoms with Crippen molar-refractivity contribution >= 4 is 21.6 Å². The van der Waals surface area contributed by atoms with Crippen LogP contribution < -0.4 is 0 Å². The van der Waals surface area contributed by atoms with E-state index in [1.54, 1.807) is 11.3 Å². The first-order chi connectivity index (χ1) is 24.0. The minimum atomic E-state index is -0.445. The second kappa shape index (κ2) is 12.6. The lowest BCUT2D eigenvalue weighted by Gasteiger charge is -2.28. The van der Waals surface area contributed by atoms with Gasteiger partial charge in [-0.25, -0.2) is 4.98 Å². The summed E-state index contributed by atoms with van der Waals surface area (Å²) in [4.78, 5) is 9.98. The number of nitrogens with zero attached hydrogens (tertiary/aromatic N) is 2. The van der Waals surface area contributed by atoms with E-state index in [-0.39, 0.29) is 5.75 Å². The fourth-order valence-corrected chi connectivity index (χ4v) is 7.63. The van der Waals surface area contributed by atoms with Crippen molar-refractivity contribution in [1.82, 2.24) is 9.97 Å². The van der Waals surface area contributed by atoms with E-state index >= 15 is 0 Å². The molecule has 0 saturated carbocycles. The third-order valence-electron chi connectivity index (χ3n) is 9.37. The van der Waals surface area contributed by atoms with Gasteiger partial charge in [-0.15, -0.1) is 11.3 Å². The Morgan fingerprint density at radius 1 is 0.531 bits per heavy atom. The van der Waals surface area contributed by atoms with E-state index in [4.69, 9.17) is 9.97 Å². The van der Waals surface area contributed by atoms with E-state index < -0.39 is 5.41 Å². The van der Waals surface area contributed by atoms with Gasteiger partial charge in [0.2, 0.25) is 0 Å². The molecule has 1 N–H and O–H groups in total. The third-order valence-corrected chi connectivity index (χ3v) is 10.4. The van der Waals surface area contributed by atoms with Crippen LogP contribution in [0.15, 0.2) is 164 Å². The second-order valence-corrected chi connectivity index (χ2v) is 13.9. The zero-order chi connectivity index (χ0) is 33.4. The van der Waals surface area contributed by atoms with E-state index in [1.165, 1.54) is 0 Å². The Kier molecular flexibility index (Phi) is 7.87. The average Bonchev–Trinajstić information content (AvgIpc) is 3.61. The summed E-state index contributed by atoms with van der Waals surface area (Å²) < 4.78 is 1.07. The molecule has 0 saturated heterocycles. The van der Waals surface area contributed by atoms with Crippen LogP contribution in [0.5, 0.6) is 5.75 Å². The molecule has 0 atom stereocenters. The quantitative estimate of drug-likeness (QED) is 0.187. The van der Waals surface area contributed by atoms with Gasteiger partial charge in [0.25, 0.3) is 0 Å². The van der Waals surface area contributed by atoms with Gasteiger partial charge in [-0.2, -0.15) is 0 Å². The van der Waals surface area contributed by atoms with E-state index in [1.807, 2.05) is 24.4 Å². The zero-order valence-corrected chi connectivity index (χ0v) is 28.2. The maximum atomic E-state index is 12.0. The van der Waals surface area contributed by atoms with Gasteiger partial charge in [-0.05, 0) is 69.8 Å². The van der Waals surface area contributed by atoms with Gasteiger partial charge in [0, 0.05) is 28.3 Å². The van der Waals surface area contributed by atoms with Gasteiger partial charge in [0.05, 0.1) is 21.5 Å². The number of phenolic OH excluding ortho intramolecular Hbond substituents is 1. The minimum absolute atomic E-state index is 0.264. The van der Waals surface area contributed by atoms with E-state index in [9.17, 15) is 5.11 Å². The summed E-state index contributed by atoms with van der Waals surface area (Å²) in [6.07, 6.45) is 1.88. The number of aromatic hydroxyl groups is 1. The normalized spacial score (nSPS) is 11.6. The van der Waals surface area contributed by atoms with Crippen LogP contribution >= 0.6 is 11.3 Å². The number of thiazole rings is 1. The molecular formula is C45H34N2OS. The van der Waals surface area contributed by atoms with Crippen LogP contribution in [0, 0.1) is 0 Å². The summed E-state index contributed by atoms with van der Waals surface area (Å²) in [5.41, 5.74) is 11.7. The first-order valence-electron chi connectivity index (χ1n) is 16.5. The van der Waals surface area contributed by atoms with Crippen molar-refractivity contribution in [3.05, 3.63) is 175 Å². The number of hydrogen-bond acceptors (Lipinski definition) is 4. The van der Waals surface area contributed by atoms with Crippen molar-refractivity contribution in [3.63, 3.8) is 0 Å². The lowest BCUT2D eigenvalue weighted by atomic mass is 9.76. The van der Waals surface area contributed by atoms with E-state index in [2.05, 4.69) is 153 Å². The van der Waals surface area contributed by atoms with Gasteiger partial charge in [-0.3, -0.25) is 4.98 Å². The second-order valence-electron chi connectivity index (χ2n) is 12.8. The van der Waals surface area contributed by atoms with Crippen molar-refractivity contribution < 1.29 is 5.11 Å². The molecule has 4 heteroatoms. The van der Waals surface area contributed by atoms with Crippen molar-refractivity contribution in [1.29, 1.82) is 0 Å². The molecule has 236 valence electrons. The first-order valence-corrected chi connectivity index (χ1v) is 17.3. The van der Waals surface area contributed by atoms with Crippen molar-refractivity contribution in [2.75, 3.05) is 0 Å². The number of rotatable bonds is 7. The highest BCUT2D eigenvalue weighted by Crippen LogP contribution is 2.47. The lowest BCUT2D eigenvalue weighted by Crippen LogP contribution is -2.19. The Balaban J connectivity index is 1.24. The Morgan fingerprint density at radius 2 is 1.16 bits per heavy atom. The molecule has 0 aliphatic rings. The molecule has 0 bridgehead atoms. The predicted molar refractivity (Wildman–Crippen MR) is 205 cm³/mol. The summed E-state index contributed by atoms with van der Waals surface area (Å²) in [5.74, 6) is 0.264. The summed E-state index contributed by atoms with van der Waals surface area (Å²) >= 11 is 1.61. The zero-order valence-electron chi connectivity index (χ0n) is 27.3. The van der Waals surface area contributed by atoms with Gasteiger partial charge < -0.3 is 5.11 Å². The molecule has 0 radical (unpaired) electrons. The van der Waals surface area contributed by atoms with Gasteiger partial charge in [0.1, 0.15) is 10.8 Å². The highest BCUT2D eigenvalue weighted by atomic mass is 32.1. The lowest BCUT2D eigenvalue weighted by molar-refractivity contribution is 0.455. The maximum absolute atomic E-state index is 12.0. The van der Waals surface area contributed by atoms with E-state index in [0.717, 1.165) is 76.6 Å². The van der Waals surface area contributed by atoms with Gasteiger partial charge >= 0.3 is 0 Å². The molecule has 0 unspecified atom stereocenters. The van der Waals surface area contributed by atoms with Crippen LogP contribution in [-0.2, 0) is 5.41 Å². The van der Waals surface area contributed by atoms with Crippen molar-refractivity contribution in [2.45, 2.75) is 19.3 Å². The van der Waals surface area contributed by atoms with Crippen LogP contribution in [-0.4, -0.2) is 15.1 Å². The third kappa shape index (κ3) is 5.81. The number of phenols is 1. The topological polar surface area (TPSA) is 46.0 Å². The molecule has 0 spiro atoms. The SMILES string of the molecule is CC(C)(c1ccccc1)c1cc(-c2ccccc2)cc(-c2nc3c(-c4cccc(-c5cc(-c6ccccc6)ccn5)c4)cccc3s2)c1O. The summed E-state index contributed by atoms with van der Waals surface area (Å²) in [6.45, 7) is 4.34. The molecule has 0 aliphatic carbocycles. The van der Waals surface area contributed by atoms with Crippen LogP contribution in [0.3, 0.4) is 0 Å². The van der Waals surface area contributed by atoms with Crippen molar-refractivity contribution in [2.24, 2.45) is 0 Å². The molecule has 8 aromatic rings. The number of para-hydroxylation sites is 1. The fourth-order valence-electron chi connectivity index (χ4n) is 6.62. The molecule has 0 fully saturated rings. The molecule has 2 heterocycles. The van der Waals surface area contributed by atoms with Crippen LogP contribution in [0.25, 0.3) is 65.4 Å². The molecule has 6 aromatic carbocycles. The molecule has 49 heavy (non-hydrogen) atoms. The van der Waals surface area contributed by atoms with Gasteiger partial charge in [-0.1, -0.05) is 135 Å². The molecule has 2 aromatic heterocycles. The molecule has 8 rings (SSSR count). The standard InChI is InChI=1S/C45H34N2OS/c1-45(2,36-20-10-5-11-21-36)39-28-35(31-16-8-4-9-17-31)27-38(43(39)48)44-47-42-37(22-13-23-41(42)49-44)33-18-12-19-34(26-33)40-29-32(24-25-46-40)30-14-6-3-7-15-30/h3-29,48H,1-2H3. The number of fused-ring (bicyclic) bond motifs is 1.